The molecule has 0 unspecified atom stereocenters. The van der Waals surface area contributed by atoms with Crippen molar-refractivity contribution in [1.29, 1.82) is 0 Å². The molecule has 0 saturated heterocycles. The largest absolute Gasteiger partial charge is 0.340 e. The van der Waals surface area contributed by atoms with Crippen LogP contribution in [0.1, 0.15) is 0 Å². The summed E-state index contributed by atoms with van der Waals surface area (Å²) in [4.78, 5) is 7.94. The van der Waals surface area contributed by atoms with Crippen molar-refractivity contribution in [3.8, 4) is 0 Å². The molecule has 14 heavy (non-hydrogen) atoms. The summed E-state index contributed by atoms with van der Waals surface area (Å²) in [5.74, 6) is 0. The Bertz CT molecular complexity index is 490. The Balaban J connectivity index is 2.72. The van der Waals surface area contributed by atoms with Crippen molar-refractivity contribution in [3.05, 3.63) is 35.4 Å². The van der Waals surface area contributed by atoms with Crippen molar-refractivity contribution < 1.29 is 0 Å². The number of rotatable bonds is 2. The molecule has 0 atom stereocenters. The number of hydrogen-bond acceptors (Lipinski definition) is 2. The topological polar surface area (TPSA) is 30.7 Å². The molecule has 2 aromatic heterocycles. The van der Waals surface area contributed by atoms with E-state index in [2.05, 4.69) is 16.5 Å². The normalized spacial score (nSPS) is 10.7. The summed E-state index contributed by atoms with van der Waals surface area (Å²) in [7, 11) is 0. The van der Waals surface area contributed by atoms with Crippen LogP contribution in [0.5, 0.6) is 0 Å². The van der Waals surface area contributed by atoms with E-state index in [1.165, 1.54) is 0 Å². The van der Waals surface area contributed by atoms with E-state index in [1.807, 2.05) is 16.8 Å². The number of allylic oxidation sites excluding steroid dienone is 1. The van der Waals surface area contributed by atoms with E-state index in [-0.39, 0.29) is 5.28 Å². The van der Waals surface area contributed by atoms with Crippen LogP contribution in [0, 0.1) is 0 Å². The van der Waals surface area contributed by atoms with Crippen molar-refractivity contribution in [3.63, 3.8) is 0 Å². The van der Waals surface area contributed by atoms with Crippen molar-refractivity contribution in [2.75, 3.05) is 0 Å². The van der Waals surface area contributed by atoms with Gasteiger partial charge < -0.3 is 4.57 Å². The summed E-state index contributed by atoms with van der Waals surface area (Å²) in [5, 5.41) is 0.533. The maximum absolute atomic E-state index is 5.95. The minimum Gasteiger partial charge on any atom is -0.340 e. The average Bonchev–Trinajstić information content (AvgIpc) is 2.49. The summed E-state index contributed by atoms with van der Waals surface area (Å²) >= 11 is 11.6. The number of halogens is 2. The van der Waals surface area contributed by atoms with Crippen molar-refractivity contribution in [1.82, 2.24) is 14.5 Å². The molecule has 3 nitrogen and oxygen atoms in total. The zero-order valence-electron chi connectivity index (χ0n) is 7.24. The average molecular weight is 228 g/mol. The van der Waals surface area contributed by atoms with Gasteiger partial charge in [-0.15, -0.1) is 6.58 Å². The second kappa shape index (κ2) is 3.59. The Labute approximate surface area is 91.0 Å². The molecule has 0 aliphatic carbocycles. The molecule has 5 heteroatoms. The molecule has 0 saturated carbocycles. The van der Waals surface area contributed by atoms with E-state index in [4.69, 9.17) is 23.2 Å². The maximum Gasteiger partial charge on any atom is 0.224 e. The predicted octanol–water partition coefficient (Wildman–Crippen LogP) is 2.92. The van der Waals surface area contributed by atoms with Gasteiger partial charge in [0.15, 0.2) is 5.15 Å². The highest BCUT2D eigenvalue weighted by Crippen LogP contribution is 2.22. The van der Waals surface area contributed by atoms with Crippen LogP contribution in [0.4, 0.5) is 0 Å². The van der Waals surface area contributed by atoms with Gasteiger partial charge in [0.25, 0.3) is 0 Å². The van der Waals surface area contributed by atoms with E-state index in [1.54, 1.807) is 6.08 Å². The van der Waals surface area contributed by atoms with E-state index in [9.17, 15) is 0 Å². The fourth-order valence-corrected chi connectivity index (χ4v) is 1.83. The summed E-state index contributed by atoms with van der Waals surface area (Å²) in [5.41, 5.74) is 1.54. The molecule has 2 rings (SSSR count). The standard InChI is InChI=1S/C9H7Cl2N3/c1-2-4-14-5-3-6-7(14)8(10)13-9(11)12-6/h2-3,5H,1,4H2. The smallest absolute Gasteiger partial charge is 0.224 e. The van der Waals surface area contributed by atoms with Gasteiger partial charge in [0, 0.05) is 12.7 Å². The highest BCUT2D eigenvalue weighted by atomic mass is 35.5. The number of aromatic nitrogens is 3. The summed E-state index contributed by atoms with van der Waals surface area (Å²) < 4.78 is 1.92. The lowest BCUT2D eigenvalue weighted by Gasteiger charge is -2.01. The molecule has 2 aromatic rings. The number of fused-ring (bicyclic) bond motifs is 1. The van der Waals surface area contributed by atoms with Crippen LogP contribution in [-0.2, 0) is 6.54 Å². The fourth-order valence-electron chi connectivity index (χ4n) is 1.33. The Kier molecular flexibility index (Phi) is 2.44. The van der Waals surface area contributed by atoms with Crippen LogP contribution >= 0.6 is 23.2 Å². The number of nitrogens with zero attached hydrogens (tertiary/aromatic N) is 3. The van der Waals surface area contributed by atoms with E-state index >= 15 is 0 Å². The third-order valence-corrected chi connectivity index (χ3v) is 2.30. The molecule has 0 aromatic carbocycles. The summed E-state index contributed by atoms with van der Waals surface area (Å²) in [6, 6.07) is 1.85. The first-order valence-corrected chi connectivity index (χ1v) is 4.76. The quantitative estimate of drug-likeness (QED) is 0.449. The third-order valence-electron chi connectivity index (χ3n) is 1.87. The molecule has 0 spiro atoms. The van der Waals surface area contributed by atoms with Gasteiger partial charge >= 0.3 is 0 Å². The first kappa shape index (κ1) is 9.49. The van der Waals surface area contributed by atoms with Crippen LogP contribution in [0.15, 0.2) is 24.9 Å². The Hall–Kier alpha value is -1.06. The van der Waals surface area contributed by atoms with E-state index in [0.29, 0.717) is 11.7 Å². The Morgan fingerprint density at radius 2 is 2.21 bits per heavy atom. The molecular weight excluding hydrogens is 221 g/mol. The lowest BCUT2D eigenvalue weighted by molar-refractivity contribution is 0.862. The molecular formula is C9H7Cl2N3. The Morgan fingerprint density at radius 1 is 1.43 bits per heavy atom. The second-order valence-corrected chi connectivity index (χ2v) is 3.47. The van der Waals surface area contributed by atoms with Gasteiger partial charge in [0.1, 0.15) is 5.52 Å². The van der Waals surface area contributed by atoms with Gasteiger partial charge in [-0.25, -0.2) is 9.97 Å². The van der Waals surface area contributed by atoms with Gasteiger partial charge in [-0.3, -0.25) is 0 Å². The predicted molar refractivity (Wildman–Crippen MR) is 57.7 cm³/mol. The van der Waals surface area contributed by atoms with Crippen molar-refractivity contribution >= 4 is 34.2 Å². The van der Waals surface area contributed by atoms with Crippen molar-refractivity contribution in [2.24, 2.45) is 0 Å². The zero-order valence-corrected chi connectivity index (χ0v) is 8.76. The fraction of sp³-hybridized carbons (Fsp3) is 0.111. The molecule has 2 heterocycles. The zero-order chi connectivity index (χ0) is 10.1. The molecule has 72 valence electrons. The molecule has 0 aliphatic rings. The molecule has 0 aliphatic heterocycles. The van der Waals surface area contributed by atoms with Crippen LogP contribution in [0.25, 0.3) is 11.0 Å². The molecule has 0 fully saturated rings. The summed E-state index contributed by atoms with van der Waals surface area (Å²) in [6.07, 6.45) is 3.66. The lowest BCUT2D eigenvalue weighted by atomic mass is 10.4. The SMILES string of the molecule is C=CCn1ccc2nc(Cl)nc(Cl)c21. The maximum atomic E-state index is 5.95. The van der Waals surface area contributed by atoms with Gasteiger partial charge in [0.05, 0.1) is 5.52 Å². The molecule has 0 amide bonds. The number of hydrogen-bond donors (Lipinski definition) is 0. The van der Waals surface area contributed by atoms with E-state index in [0.717, 1.165) is 11.0 Å². The molecule has 0 radical (unpaired) electrons. The lowest BCUT2D eigenvalue weighted by Crippen LogP contribution is -1.94. The minimum atomic E-state index is 0.166. The molecule has 0 bridgehead atoms. The van der Waals surface area contributed by atoms with Gasteiger partial charge in [0.2, 0.25) is 5.28 Å². The first-order chi connectivity index (χ1) is 6.72. The van der Waals surface area contributed by atoms with E-state index < -0.39 is 0 Å². The Morgan fingerprint density at radius 3 is 2.93 bits per heavy atom. The first-order valence-electron chi connectivity index (χ1n) is 4.01. The van der Waals surface area contributed by atoms with Gasteiger partial charge in [-0.05, 0) is 17.7 Å². The van der Waals surface area contributed by atoms with Crippen LogP contribution in [0.3, 0.4) is 0 Å². The van der Waals surface area contributed by atoms with Crippen LogP contribution in [0.2, 0.25) is 10.4 Å². The molecule has 0 N–H and O–H groups in total. The highest BCUT2D eigenvalue weighted by molar-refractivity contribution is 6.35. The van der Waals surface area contributed by atoms with Crippen molar-refractivity contribution in [2.45, 2.75) is 6.54 Å². The van der Waals surface area contributed by atoms with Gasteiger partial charge in [-0.2, -0.15) is 0 Å². The highest BCUT2D eigenvalue weighted by Gasteiger charge is 2.08. The summed E-state index contributed by atoms with van der Waals surface area (Å²) in [6.45, 7) is 4.33. The minimum absolute atomic E-state index is 0.166. The third kappa shape index (κ3) is 1.49. The van der Waals surface area contributed by atoms with Crippen LogP contribution < -0.4 is 0 Å². The van der Waals surface area contributed by atoms with Crippen LogP contribution in [-0.4, -0.2) is 14.5 Å². The van der Waals surface area contributed by atoms with Gasteiger partial charge in [-0.1, -0.05) is 17.7 Å². The monoisotopic (exact) mass is 227 g/mol. The second-order valence-electron chi connectivity index (χ2n) is 2.77.